The van der Waals surface area contributed by atoms with Gasteiger partial charge in [0.05, 0.1) is 0 Å². The van der Waals surface area contributed by atoms with Crippen molar-refractivity contribution in [2.24, 2.45) is 5.92 Å². The molecule has 2 bridgehead atoms. The number of hydrogen-bond donors (Lipinski definition) is 2. The van der Waals surface area contributed by atoms with E-state index in [0.29, 0.717) is 12.6 Å². The van der Waals surface area contributed by atoms with Gasteiger partial charge in [-0.3, -0.25) is 0 Å². The lowest BCUT2D eigenvalue weighted by Gasteiger charge is -2.33. The van der Waals surface area contributed by atoms with Crippen molar-refractivity contribution in [1.82, 2.24) is 15.5 Å². The maximum absolute atomic E-state index is 11.6. The average Bonchev–Trinajstić information content (AvgIpc) is 2.71. The lowest BCUT2D eigenvalue weighted by molar-refractivity contribution is 0.0521. The first kappa shape index (κ1) is 15.6. The van der Waals surface area contributed by atoms with E-state index in [-0.39, 0.29) is 12.1 Å². The molecule has 0 saturated carbocycles. The summed E-state index contributed by atoms with van der Waals surface area (Å²) in [7, 11) is 0. The van der Waals surface area contributed by atoms with Gasteiger partial charge in [0.2, 0.25) is 0 Å². The molecule has 2 saturated heterocycles. The van der Waals surface area contributed by atoms with Crippen molar-refractivity contribution >= 4 is 6.09 Å². The van der Waals surface area contributed by atoms with Crippen LogP contribution in [-0.4, -0.2) is 54.9 Å². The minimum atomic E-state index is -0.433. The maximum Gasteiger partial charge on any atom is 0.407 e. The van der Waals surface area contributed by atoms with Crippen LogP contribution in [0.5, 0.6) is 0 Å². The van der Waals surface area contributed by atoms with Crippen LogP contribution in [-0.2, 0) is 4.74 Å². The smallest absolute Gasteiger partial charge is 0.407 e. The second-order valence-electron chi connectivity index (χ2n) is 7.20. The van der Waals surface area contributed by atoms with E-state index in [1.54, 1.807) is 0 Å². The van der Waals surface area contributed by atoms with Crippen molar-refractivity contribution in [2.75, 3.05) is 26.2 Å². The van der Waals surface area contributed by atoms with Crippen LogP contribution in [0.2, 0.25) is 0 Å². The van der Waals surface area contributed by atoms with E-state index in [0.717, 1.165) is 5.92 Å². The summed E-state index contributed by atoms with van der Waals surface area (Å²) in [6.07, 6.45) is 2.20. The highest BCUT2D eigenvalue weighted by molar-refractivity contribution is 5.67. The van der Waals surface area contributed by atoms with Crippen LogP contribution < -0.4 is 10.6 Å². The number of hydrogen-bond acceptors (Lipinski definition) is 4. The second kappa shape index (κ2) is 6.31. The third-order valence-corrected chi connectivity index (χ3v) is 4.08. The molecular weight excluding hydrogens is 254 g/mol. The molecule has 0 radical (unpaired) electrons. The SMILES string of the molecule is CC(CNC(=O)OC(C)(C)C)NC1CCN2CCC1C2. The van der Waals surface area contributed by atoms with Crippen molar-refractivity contribution in [2.45, 2.75) is 58.2 Å². The largest absolute Gasteiger partial charge is 0.444 e. The van der Waals surface area contributed by atoms with Crippen molar-refractivity contribution in [3.8, 4) is 0 Å². The van der Waals surface area contributed by atoms with Gasteiger partial charge in [0.15, 0.2) is 0 Å². The van der Waals surface area contributed by atoms with E-state index in [4.69, 9.17) is 4.74 Å². The Morgan fingerprint density at radius 3 is 2.75 bits per heavy atom. The highest BCUT2D eigenvalue weighted by atomic mass is 16.6. The van der Waals surface area contributed by atoms with Crippen LogP contribution in [0.15, 0.2) is 0 Å². The highest BCUT2D eigenvalue weighted by Gasteiger charge is 2.34. The summed E-state index contributed by atoms with van der Waals surface area (Å²) in [5.41, 5.74) is -0.433. The van der Waals surface area contributed by atoms with E-state index in [9.17, 15) is 4.79 Å². The van der Waals surface area contributed by atoms with Gasteiger partial charge in [0, 0.05) is 25.2 Å². The Balaban J connectivity index is 1.67. The monoisotopic (exact) mass is 283 g/mol. The Morgan fingerprint density at radius 2 is 2.05 bits per heavy atom. The van der Waals surface area contributed by atoms with Gasteiger partial charge < -0.3 is 20.3 Å². The number of carbonyl (C=O) groups is 1. The molecule has 4 atom stereocenters. The molecule has 5 nitrogen and oxygen atoms in total. The molecule has 2 N–H and O–H groups in total. The number of ether oxygens (including phenoxy) is 1. The molecule has 20 heavy (non-hydrogen) atoms. The zero-order chi connectivity index (χ0) is 14.8. The van der Waals surface area contributed by atoms with Crippen molar-refractivity contribution < 1.29 is 9.53 Å². The van der Waals surface area contributed by atoms with Gasteiger partial charge >= 0.3 is 6.09 Å². The minimum Gasteiger partial charge on any atom is -0.444 e. The third kappa shape index (κ3) is 4.63. The van der Waals surface area contributed by atoms with Crippen molar-refractivity contribution in [1.29, 1.82) is 0 Å². The van der Waals surface area contributed by atoms with Crippen LogP contribution in [0, 0.1) is 5.92 Å². The number of fused-ring (bicyclic) bond motifs is 2. The van der Waals surface area contributed by atoms with Gasteiger partial charge in [-0.15, -0.1) is 0 Å². The van der Waals surface area contributed by atoms with Crippen LogP contribution in [0.4, 0.5) is 4.79 Å². The van der Waals surface area contributed by atoms with Crippen molar-refractivity contribution in [3.05, 3.63) is 0 Å². The molecule has 0 aromatic rings. The van der Waals surface area contributed by atoms with E-state index in [2.05, 4.69) is 22.5 Å². The summed E-state index contributed by atoms with van der Waals surface area (Å²) >= 11 is 0. The molecule has 1 amide bonds. The standard InChI is InChI=1S/C15H29N3O2/c1-11(9-16-14(19)20-15(2,3)4)17-13-6-8-18-7-5-12(13)10-18/h11-13,17H,5-10H2,1-4H3,(H,16,19). The normalized spacial score (nSPS) is 30.9. The fourth-order valence-corrected chi connectivity index (χ4v) is 3.15. The number of nitrogens with one attached hydrogen (secondary N) is 2. The Morgan fingerprint density at radius 1 is 1.35 bits per heavy atom. The third-order valence-electron chi connectivity index (χ3n) is 4.08. The number of nitrogens with zero attached hydrogens (tertiary/aromatic N) is 1. The van der Waals surface area contributed by atoms with Gasteiger partial charge in [0.1, 0.15) is 5.60 Å². The molecule has 5 heteroatoms. The summed E-state index contributed by atoms with van der Waals surface area (Å²) in [4.78, 5) is 14.2. The zero-order valence-electron chi connectivity index (χ0n) is 13.2. The van der Waals surface area contributed by atoms with Gasteiger partial charge in [-0.25, -0.2) is 4.79 Å². The molecule has 0 aromatic carbocycles. The van der Waals surface area contributed by atoms with E-state index < -0.39 is 5.60 Å². The summed E-state index contributed by atoms with van der Waals surface area (Å²) in [5.74, 6) is 0.785. The molecular formula is C15H29N3O2. The molecule has 0 spiro atoms. The molecule has 2 aliphatic heterocycles. The number of rotatable bonds is 4. The molecule has 2 aliphatic rings. The summed E-state index contributed by atoms with van der Waals surface area (Å²) in [6.45, 7) is 12.1. The predicted octanol–water partition coefficient (Wildman–Crippen LogP) is 1.58. The first-order chi connectivity index (χ1) is 9.33. The lowest BCUT2D eigenvalue weighted by atomic mass is 9.93. The topological polar surface area (TPSA) is 53.6 Å². The Hall–Kier alpha value is -0.810. The summed E-state index contributed by atoms with van der Waals surface area (Å²) < 4.78 is 5.24. The molecule has 2 heterocycles. The van der Waals surface area contributed by atoms with Gasteiger partial charge in [-0.2, -0.15) is 0 Å². The molecule has 0 aromatic heterocycles. The minimum absolute atomic E-state index is 0.277. The summed E-state index contributed by atoms with van der Waals surface area (Å²) in [6, 6.07) is 0.879. The Kier molecular flexibility index (Phi) is 4.91. The van der Waals surface area contributed by atoms with E-state index >= 15 is 0 Å². The number of carbonyl (C=O) groups excluding carboxylic acids is 1. The fourth-order valence-electron chi connectivity index (χ4n) is 3.15. The first-order valence-corrected chi connectivity index (χ1v) is 7.79. The molecule has 0 aliphatic carbocycles. The first-order valence-electron chi connectivity index (χ1n) is 7.79. The van der Waals surface area contributed by atoms with Crippen molar-refractivity contribution in [3.63, 3.8) is 0 Å². The van der Waals surface area contributed by atoms with Gasteiger partial charge in [0.25, 0.3) is 0 Å². The van der Waals surface area contributed by atoms with Crippen LogP contribution >= 0.6 is 0 Å². The summed E-state index contributed by atoms with van der Waals surface area (Å²) in [5, 5.41) is 6.51. The molecule has 116 valence electrons. The number of alkyl carbamates (subject to hydrolysis) is 1. The Bertz CT molecular complexity index is 341. The van der Waals surface area contributed by atoms with Gasteiger partial charge in [-0.05, 0) is 59.5 Å². The average molecular weight is 283 g/mol. The molecule has 2 rings (SSSR count). The quantitative estimate of drug-likeness (QED) is 0.822. The van der Waals surface area contributed by atoms with Crippen LogP contribution in [0.1, 0.15) is 40.5 Å². The number of piperidine rings is 1. The van der Waals surface area contributed by atoms with Crippen LogP contribution in [0.3, 0.4) is 0 Å². The Labute approximate surface area is 122 Å². The number of amides is 1. The highest BCUT2D eigenvalue weighted by Crippen LogP contribution is 2.27. The predicted molar refractivity (Wildman–Crippen MR) is 79.8 cm³/mol. The second-order valence-corrected chi connectivity index (χ2v) is 7.20. The lowest BCUT2D eigenvalue weighted by Crippen LogP contribution is -2.50. The fraction of sp³-hybridized carbons (Fsp3) is 0.933. The molecule has 4 unspecified atom stereocenters. The van der Waals surface area contributed by atoms with Crippen LogP contribution in [0.25, 0.3) is 0 Å². The van der Waals surface area contributed by atoms with E-state index in [1.807, 2.05) is 20.8 Å². The maximum atomic E-state index is 11.6. The van der Waals surface area contributed by atoms with E-state index in [1.165, 1.54) is 32.5 Å². The molecule has 2 fully saturated rings. The zero-order valence-corrected chi connectivity index (χ0v) is 13.2. The van der Waals surface area contributed by atoms with Gasteiger partial charge in [-0.1, -0.05) is 0 Å².